The molecule has 2 rings (SSSR count). The smallest absolute Gasteiger partial charge is 0.0547 e. The van der Waals surface area contributed by atoms with Crippen LogP contribution in [0.15, 0.2) is 0 Å². The summed E-state index contributed by atoms with van der Waals surface area (Å²) in [6.07, 6.45) is 5.54. The number of hydrogen-bond acceptors (Lipinski definition) is 3. The lowest BCUT2D eigenvalue weighted by Crippen LogP contribution is -2.50. The zero-order valence-corrected chi connectivity index (χ0v) is 14.0. The Balaban J connectivity index is 1.88. The summed E-state index contributed by atoms with van der Waals surface area (Å²) < 4.78 is 5.75. The summed E-state index contributed by atoms with van der Waals surface area (Å²) in [6, 6.07) is 0. The van der Waals surface area contributed by atoms with Gasteiger partial charge >= 0.3 is 0 Å². The normalized spacial score (nSPS) is 28.1. The van der Waals surface area contributed by atoms with E-state index in [-0.39, 0.29) is 5.54 Å². The van der Waals surface area contributed by atoms with Gasteiger partial charge in [0.1, 0.15) is 0 Å². The van der Waals surface area contributed by atoms with Gasteiger partial charge in [0.25, 0.3) is 0 Å². The fourth-order valence-corrected chi connectivity index (χ4v) is 3.24. The van der Waals surface area contributed by atoms with Gasteiger partial charge in [-0.3, -0.25) is 0 Å². The van der Waals surface area contributed by atoms with Crippen LogP contribution in [0.3, 0.4) is 0 Å². The summed E-state index contributed by atoms with van der Waals surface area (Å²) in [4.78, 5) is 2.67. The molecule has 0 aromatic heterocycles. The molecule has 1 saturated heterocycles. The summed E-state index contributed by atoms with van der Waals surface area (Å²) in [6.45, 7) is 15.7. The highest BCUT2D eigenvalue weighted by atomic mass is 16.5. The highest BCUT2D eigenvalue weighted by Gasteiger charge is 2.37. The molecule has 3 heteroatoms. The van der Waals surface area contributed by atoms with Crippen LogP contribution in [0.5, 0.6) is 0 Å². The van der Waals surface area contributed by atoms with Gasteiger partial charge in [-0.05, 0) is 52.5 Å². The van der Waals surface area contributed by atoms with Gasteiger partial charge in [-0.25, -0.2) is 0 Å². The molecule has 0 radical (unpaired) electrons. The highest BCUT2D eigenvalue weighted by molar-refractivity contribution is 4.91. The van der Waals surface area contributed by atoms with Crippen LogP contribution in [0.2, 0.25) is 0 Å². The van der Waals surface area contributed by atoms with Gasteiger partial charge in [0, 0.05) is 37.2 Å². The Morgan fingerprint density at radius 3 is 2.50 bits per heavy atom. The quantitative estimate of drug-likeness (QED) is 0.777. The first-order valence-corrected chi connectivity index (χ1v) is 8.48. The van der Waals surface area contributed by atoms with Crippen LogP contribution in [-0.2, 0) is 4.74 Å². The second-order valence-electron chi connectivity index (χ2n) is 8.03. The first-order valence-electron chi connectivity index (χ1n) is 8.48. The van der Waals surface area contributed by atoms with E-state index in [1.165, 1.54) is 45.3 Å². The predicted octanol–water partition coefficient (Wildman–Crippen LogP) is 2.90. The lowest BCUT2D eigenvalue weighted by atomic mass is 9.82. The van der Waals surface area contributed by atoms with E-state index in [4.69, 9.17) is 4.74 Å². The maximum Gasteiger partial charge on any atom is 0.0547 e. The fraction of sp³-hybridized carbons (Fsp3) is 1.00. The number of rotatable bonds is 7. The first-order chi connectivity index (χ1) is 9.42. The third kappa shape index (κ3) is 4.71. The van der Waals surface area contributed by atoms with Gasteiger partial charge < -0.3 is 15.0 Å². The topological polar surface area (TPSA) is 24.5 Å². The SMILES string of the molecule is CCN(CC1CCC1)CC1(CNC(C)(C)C)CCOC1. The summed E-state index contributed by atoms with van der Waals surface area (Å²) >= 11 is 0. The van der Waals surface area contributed by atoms with E-state index in [1.807, 2.05) is 0 Å². The molecular weight excluding hydrogens is 248 g/mol. The van der Waals surface area contributed by atoms with E-state index in [9.17, 15) is 0 Å². The lowest BCUT2D eigenvalue weighted by Gasteiger charge is -2.39. The van der Waals surface area contributed by atoms with Gasteiger partial charge in [-0.1, -0.05) is 13.3 Å². The molecule has 0 aromatic carbocycles. The molecule has 0 amide bonds. The van der Waals surface area contributed by atoms with E-state index in [1.54, 1.807) is 0 Å². The van der Waals surface area contributed by atoms with Crippen molar-refractivity contribution in [3.63, 3.8) is 0 Å². The van der Waals surface area contributed by atoms with E-state index in [2.05, 4.69) is 37.9 Å². The average Bonchev–Trinajstić information content (AvgIpc) is 2.78. The van der Waals surface area contributed by atoms with E-state index in [0.717, 1.165) is 25.7 Å². The Morgan fingerprint density at radius 2 is 2.05 bits per heavy atom. The molecule has 1 atom stereocenters. The van der Waals surface area contributed by atoms with E-state index < -0.39 is 0 Å². The van der Waals surface area contributed by atoms with Crippen molar-refractivity contribution in [1.82, 2.24) is 10.2 Å². The van der Waals surface area contributed by atoms with Crippen molar-refractivity contribution < 1.29 is 4.74 Å². The molecule has 118 valence electrons. The van der Waals surface area contributed by atoms with Crippen LogP contribution < -0.4 is 5.32 Å². The molecule has 1 aliphatic heterocycles. The minimum Gasteiger partial charge on any atom is -0.381 e. The third-order valence-corrected chi connectivity index (χ3v) is 4.93. The maximum atomic E-state index is 5.75. The molecule has 0 bridgehead atoms. The summed E-state index contributed by atoms with van der Waals surface area (Å²) in [7, 11) is 0. The predicted molar refractivity (Wildman–Crippen MR) is 85.1 cm³/mol. The van der Waals surface area contributed by atoms with Crippen molar-refractivity contribution in [2.45, 2.75) is 58.9 Å². The second-order valence-corrected chi connectivity index (χ2v) is 8.03. The standard InChI is InChI=1S/C17H34N2O/c1-5-19(11-15-7-6-8-15)13-17(9-10-20-14-17)12-18-16(2,3)4/h15,18H,5-14H2,1-4H3. The zero-order chi connectivity index (χ0) is 14.6. The molecule has 1 aliphatic carbocycles. The minimum absolute atomic E-state index is 0.195. The van der Waals surface area contributed by atoms with Crippen molar-refractivity contribution >= 4 is 0 Å². The molecule has 0 spiro atoms. The Hall–Kier alpha value is -0.120. The number of nitrogens with one attached hydrogen (secondary N) is 1. The van der Waals surface area contributed by atoms with Crippen LogP contribution in [-0.4, -0.2) is 49.8 Å². The molecule has 2 fully saturated rings. The second kappa shape index (κ2) is 6.76. The Labute approximate surface area is 125 Å². The van der Waals surface area contributed by atoms with Gasteiger partial charge in [-0.15, -0.1) is 0 Å². The highest BCUT2D eigenvalue weighted by Crippen LogP contribution is 2.32. The lowest BCUT2D eigenvalue weighted by molar-refractivity contribution is 0.0872. The van der Waals surface area contributed by atoms with E-state index >= 15 is 0 Å². The van der Waals surface area contributed by atoms with Crippen LogP contribution in [0.1, 0.15) is 53.4 Å². The molecule has 0 aromatic rings. The Morgan fingerprint density at radius 1 is 1.30 bits per heavy atom. The maximum absolute atomic E-state index is 5.75. The monoisotopic (exact) mass is 282 g/mol. The molecule has 1 heterocycles. The number of ether oxygens (including phenoxy) is 1. The zero-order valence-electron chi connectivity index (χ0n) is 14.0. The summed E-state index contributed by atoms with van der Waals surface area (Å²) in [5.41, 5.74) is 0.521. The molecule has 2 aliphatic rings. The van der Waals surface area contributed by atoms with Crippen molar-refractivity contribution in [3.05, 3.63) is 0 Å². The molecule has 3 nitrogen and oxygen atoms in total. The molecule has 1 N–H and O–H groups in total. The van der Waals surface area contributed by atoms with Crippen molar-refractivity contribution in [3.8, 4) is 0 Å². The molecule has 20 heavy (non-hydrogen) atoms. The van der Waals surface area contributed by atoms with Gasteiger partial charge in [0.2, 0.25) is 0 Å². The molecule has 1 unspecified atom stereocenters. The number of nitrogens with zero attached hydrogens (tertiary/aromatic N) is 1. The van der Waals surface area contributed by atoms with Crippen LogP contribution in [0.25, 0.3) is 0 Å². The van der Waals surface area contributed by atoms with Crippen LogP contribution >= 0.6 is 0 Å². The summed E-state index contributed by atoms with van der Waals surface area (Å²) in [5.74, 6) is 0.963. The van der Waals surface area contributed by atoms with E-state index in [0.29, 0.717) is 5.41 Å². The van der Waals surface area contributed by atoms with Crippen molar-refractivity contribution in [2.24, 2.45) is 11.3 Å². The molecule has 1 saturated carbocycles. The van der Waals surface area contributed by atoms with Gasteiger partial charge in [0.05, 0.1) is 6.61 Å². The van der Waals surface area contributed by atoms with Crippen LogP contribution in [0.4, 0.5) is 0 Å². The Kier molecular flexibility index (Phi) is 5.49. The fourth-order valence-electron chi connectivity index (χ4n) is 3.24. The third-order valence-electron chi connectivity index (χ3n) is 4.93. The Bertz CT molecular complexity index is 288. The van der Waals surface area contributed by atoms with Gasteiger partial charge in [-0.2, -0.15) is 0 Å². The van der Waals surface area contributed by atoms with Crippen LogP contribution in [0, 0.1) is 11.3 Å². The minimum atomic E-state index is 0.195. The van der Waals surface area contributed by atoms with Gasteiger partial charge in [0.15, 0.2) is 0 Å². The number of hydrogen-bond donors (Lipinski definition) is 1. The summed E-state index contributed by atoms with van der Waals surface area (Å²) in [5, 5.41) is 3.71. The van der Waals surface area contributed by atoms with Crippen molar-refractivity contribution in [2.75, 3.05) is 39.4 Å². The molecular formula is C17H34N2O. The average molecular weight is 282 g/mol. The van der Waals surface area contributed by atoms with Crippen molar-refractivity contribution in [1.29, 1.82) is 0 Å². The first kappa shape index (κ1) is 16.3. The largest absolute Gasteiger partial charge is 0.381 e.